The fourth-order valence-electron chi connectivity index (χ4n) is 1.19. The van der Waals surface area contributed by atoms with Crippen molar-refractivity contribution in [2.75, 3.05) is 5.73 Å². The third-order valence-electron chi connectivity index (χ3n) is 1.97. The van der Waals surface area contributed by atoms with Crippen LogP contribution in [0.15, 0.2) is 23.4 Å². The molecule has 6 heteroatoms. The van der Waals surface area contributed by atoms with Crippen LogP contribution in [0.2, 0.25) is 0 Å². The Balaban J connectivity index is 3.03. The highest BCUT2D eigenvalue weighted by molar-refractivity contribution is 7.86. The van der Waals surface area contributed by atoms with Gasteiger partial charge in [-0.2, -0.15) is 0 Å². The van der Waals surface area contributed by atoms with Crippen molar-refractivity contribution in [1.29, 1.82) is 0 Å². The topological polar surface area (TPSA) is 99.1 Å². The summed E-state index contributed by atoms with van der Waals surface area (Å²) in [5, 5.41) is -0.699. The fraction of sp³-hybridized carbons (Fsp3) is 0.333. The highest BCUT2D eigenvalue weighted by atomic mass is 32.2. The number of primary amides is 1. The van der Waals surface area contributed by atoms with Gasteiger partial charge in [-0.3, -0.25) is 14.0 Å². The first-order valence-electron chi connectivity index (χ1n) is 4.47. The molecule has 1 aromatic rings. The molecule has 0 radical (unpaired) electrons. The molecular weight excluding hydrogens is 214 g/mol. The number of hydrogen-bond donors (Lipinski definition) is 2. The zero-order valence-electron chi connectivity index (χ0n) is 8.34. The Morgan fingerprint density at radius 1 is 1.67 bits per heavy atom. The van der Waals surface area contributed by atoms with E-state index in [9.17, 15) is 9.00 Å². The van der Waals surface area contributed by atoms with Crippen LogP contribution in [0.5, 0.6) is 0 Å². The van der Waals surface area contributed by atoms with Crippen LogP contribution in [0.1, 0.15) is 13.3 Å². The number of carbonyl (C=O) groups excluding carboxylic acids is 1. The second-order valence-electron chi connectivity index (χ2n) is 3.01. The van der Waals surface area contributed by atoms with Crippen molar-refractivity contribution in [3.05, 3.63) is 18.5 Å². The molecule has 1 rings (SSSR count). The van der Waals surface area contributed by atoms with Crippen LogP contribution >= 0.6 is 0 Å². The zero-order valence-corrected chi connectivity index (χ0v) is 9.16. The van der Waals surface area contributed by atoms with Crippen LogP contribution in [0.25, 0.3) is 0 Å². The molecule has 1 aromatic heterocycles. The van der Waals surface area contributed by atoms with E-state index in [2.05, 4.69) is 4.98 Å². The van der Waals surface area contributed by atoms with Gasteiger partial charge in [0.15, 0.2) is 0 Å². The third kappa shape index (κ3) is 2.53. The smallest absolute Gasteiger partial charge is 0.233 e. The Bertz CT molecular complexity index is 395. The van der Waals surface area contributed by atoms with Crippen LogP contribution in [0.4, 0.5) is 5.69 Å². The van der Waals surface area contributed by atoms with E-state index >= 15 is 0 Å². The Labute approximate surface area is 90.3 Å². The molecule has 0 fully saturated rings. The van der Waals surface area contributed by atoms with E-state index < -0.39 is 22.0 Å². The number of anilines is 1. The first-order chi connectivity index (χ1) is 7.07. The van der Waals surface area contributed by atoms with Gasteiger partial charge in [0.05, 0.1) is 27.6 Å². The van der Waals surface area contributed by atoms with Gasteiger partial charge in [-0.1, -0.05) is 6.92 Å². The van der Waals surface area contributed by atoms with Gasteiger partial charge in [-0.25, -0.2) is 0 Å². The predicted molar refractivity (Wildman–Crippen MR) is 58.3 cm³/mol. The zero-order chi connectivity index (χ0) is 11.4. The highest BCUT2D eigenvalue weighted by Crippen LogP contribution is 2.18. The van der Waals surface area contributed by atoms with Crippen molar-refractivity contribution in [2.24, 2.45) is 5.73 Å². The van der Waals surface area contributed by atoms with Crippen LogP contribution in [0, 0.1) is 0 Å². The van der Waals surface area contributed by atoms with E-state index in [0.717, 1.165) is 0 Å². The van der Waals surface area contributed by atoms with Crippen LogP contribution < -0.4 is 11.5 Å². The molecule has 0 aliphatic heterocycles. The molecule has 0 spiro atoms. The maximum absolute atomic E-state index is 11.9. The molecule has 0 saturated heterocycles. The Kier molecular flexibility index (Phi) is 3.79. The van der Waals surface area contributed by atoms with E-state index in [-0.39, 0.29) is 0 Å². The molecule has 0 bridgehead atoms. The van der Waals surface area contributed by atoms with E-state index in [4.69, 9.17) is 11.5 Å². The first kappa shape index (κ1) is 11.6. The first-order valence-corrected chi connectivity index (χ1v) is 5.68. The average Bonchev–Trinajstić information content (AvgIpc) is 2.18. The summed E-state index contributed by atoms with van der Waals surface area (Å²) in [7, 11) is -1.50. The van der Waals surface area contributed by atoms with Gasteiger partial charge in [-0.15, -0.1) is 0 Å². The molecule has 0 aliphatic rings. The van der Waals surface area contributed by atoms with Gasteiger partial charge in [0, 0.05) is 6.20 Å². The van der Waals surface area contributed by atoms with Crippen molar-refractivity contribution in [2.45, 2.75) is 23.5 Å². The minimum absolute atomic E-state index is 0.315. The largest absolute Gasteiger partial charge is 0.396 e. The predicted octanol–water partition coefficient (Wildman–Crippen LogP) is 0.0353. The second kappa shape index (κ2) is 4.88. The van der Waals surface area contributed by atoms with Crippen LogP contribution in [-0.2, 0) is 15.6 Å². The molecule has 0 aromatic carbocycles. The van der Waals surface area contributed by atoms with Gasteiger partial charge < -0.3 is 11.5 Å². The standard InChI is InChI=1S/C9H13N3O2S/c1-2-7(9(11)13)15(14)8-3-4-12-5-6(8)10/h3-5,7H,2,10H2,1H3,(H2,11,13). The normalized spacial score (nSPS) is 14.5. The van der Waals surface area contributed by atoms with Gasteiger partial charge in [0.1, 0.15) is 5.25 Å². The maximum atomic E-state index is 11.9. The van der Waals surface area contributed by atoms with Crippen molar-refractivity contribution in [3.63, 3.8) is 0 Å². The molecule has 82 valence electrons. The number of rotatable bonds is 4. The van der Waals surface area contributed by atoms with E-state index in [1.807, 2.05) is 0 Å². The molecule has 2 unspecified atom stereocenters. The number of nitrogens with two attached hydrogens (primary N) is 2. The van der Waals surface area contributed by atoms with Crippen molar-refractivity contribution in [1.82, 2.24) is 4.98 Å². The van der Waals surface area contributed by atoms with E-state index in [1.165, 1.54) is 18.5 Å². The minimum Gasteiger partial charge on any atom is -0.396 e. The molecule has 1 amide bonds. The lowest BCUT2D eigenvalue weighted by Gasteiger charge is -2.11. The van der Waals surface area contributed by atoms with E-state index in [1.54, 1.807) is 6.92 Å². The number of aromatic nitrogens is 1. The van der Waals surface area contributed by atoms with Crippen LogP contribution in [0.3, 0.4) is 0 Å². The molecule has 0 saturated carbocycles. The summed E-state index contributed by atoms with van der Waals surface area (Å²) in [6.07, 6.45) is 3.31. The van der Waals surface area contributed by atoms with Crippen molar-refractivity contribution >= 4 is 22.4 Å². The van der Waals surface area contributed by atoms with Gasteiger partial charge in [0.2, 0.25) is 5.91 Å². The molecule has 4 N–H and O–H groups in total. The van der Waals surface area contributed by atoms with E-state index in [0.29, 0.717) is 17.0 Å². The third-order valence-corrected chi connectivity index (χ3v) is 3.86. The monoisotopic (exact) mass is 227 g/mol. The summed E-state index contributed by atoms with van der Waals surface area (Å²) in [5.74, 6) is -0.577. The summed E-state index contributed by atoms with van der Waals surface area (Å²) in [5.41, 5.74) is 11.1. The fourth-order valence-corrected chi connectivity index (χ4v) is 2.49. The quantitative estimate of drug-likeness (QED) is 0.758. The number of pyridine rings is 1. The van der Waals surface area contributed by atoms with Crippen molar-refractivity contribution < 1.29 is 9.00 Å². The average molecular weight is 227 g/mol. The lowest BCUT2D eigenvalue weighted by Crippen LogP contribution is -2.32. The summed E-state index contributed by atoms with van der Waals surface area (Å²) in [4.78, 5) is 15.2. The number of nitrogens with zero attached hydrogens (tertiary/aromatic N) is 1. The molecule has 15 heavy (non-hydrogen) atoms. The minimum atomic E-state index is -1.50. The molecule has 1 heterocycles. The summed E-state index contributed by atoms with van der Waals surface area (Å²) in [6.45, 7) is 1.75. The van der Waals surface area contributed by atoms with Crippen LogP contribution in [-0.4, -0.2) is 20.3 Å². The lowest BCUT2D eigenvalue weighted by molar-refractivity contribution is -0.117. The van der Waals surface area contributed by atoms with Crippen molar-refractivity contribution in [3.8, 4) is 0 Å². The lowest BCUT2D eigenvalue weighted by atomic mass is 10.3. The summed E-state index contributed by atoms with van der Waals surface area (Å²) in [6, 6.07) is 1.54. The molecule has 2 atom stereocenters. The SMILES string of the molecule is CCC(C(N)=O)S(=O)c1ccncc1N. The van der Waals surface area contributed by atoms with Gasteiger partial charge in [-0.05, 0) is 12.5 Å². The Morgan fingerprint density at radius 3 is 2.80 bits per heavy atom. The Morgan fingerprint density at radius 2 is 2.33 bits per heavy atom. The van der Waals surface area contributed by atoms with Gasteiger partial charge in [0.25, 0.3) is 0 Å². The molecule has 5 nitrogen and oxygen atoms in total. The highest BCUT2D eigenvalue weighted by Gasteiger charge is 2.23. The maximum Gasteiger partial charge on any atom is 0.233 e. The summed E-state index contributed by atoms with van der Waals surface area (Å²) < 4.78 is 11.9. The number of carbonyl (C=O) groups is 1. The molecule has 0 aliphatic carbocycles. The number of hydrogen-bond acceptors (Lipinski definition) is 4. The van der Waals surface area contributed by atoms with Gasteiger partial charge >= 0.3 is 0 Å². The second-order valence-corrected chi connectivity index (χ2v) is 4.61. The molecular formula is C9H13N3O2S. The summed E-state index contributed by atoms with van der Waals surface area (Å²) >= 11 is 0. The number of amides is 1. The number of nitrogen functional groups attached to an aromatic ring is 1. The Hall–Kier alpha value is -1.43.